The maximum Gasteiger partial charge on any atom is 0.272 e. The molecule has 0 aliphatic carbocycles. The van der Waals surface area contributed by atoms with Gasteiger partial charge in [0.1, 0.15) is 10.7 Å². The van der Waals surface area contributed by atoms with Crippen LogP contribution in [-0.2, 0) is 9.59 Å². The molecule has 0 radical (unpaired) electrons. The van der Waals surface area contributed by atoms with Crippen LogP contribution in [0.4, 0.5) is 10.8 Å². The van der Waals surface area contributed by atoms with Crippen LogP contribution >= 0.6 is 34.4 Å². The number of nitrogens with one attached hydrogen (secondary N) is 3. The summed E-state index contributed by atoms with van der Waals surface area (Å²) in [4.78, 5) is 39.5. The highest BCUT2D eigenvalue weighted by Gasteiger charge is 2.15. The first-order valence-electron chi connectivity index (χ1n) is 10.7. The summed E-state index contributed by atoms with van der Waals surface area (Å²) < 4.78 is 0. The molecule has 2 aromatic heterocycles. The fraction of sp³-hybridized carbons (Fsp3) is 0.0800. The zero-order chi connectivity index (χ0) is 25.3. The van der Waals surface area contributed by atoms with Crippen LogP contribution < -0.4 is 16.0 Å². The lowest BCUT2D eigenvalue weighted by Gasteiger charge is -2.11. The zero-order valence-corrected chi connectivity index (χ0v) is 21.5. The van der Waals surface area contributed by atoms with E-state index in [0.29, 0.717) is 16.4 Å². The van der Waals surface area contributed by atoms with Gasteiger partial charge in [-0.25, -0.2) is 0 Å². The number of benzene rings is 2. The molecule has 0 unspecified atom stereocenters. The summed E-state index contributed by atoms with van der Waals surface area (Å²) in [7, 11) is 0. The summed E-state index contributed by atoms with van der Waals surface area (Å²) >= 11 is 4.14. The molecule has 2 aromatic carbocycles. The molecule has 0 spiro atoms. The average Bonchev–Trinajstić information content (AvgIpc) is 3.55. The fourth-order valence-corrected chi connectivity index (χ4v) is 4.91. The minimum absolute atomic E-state index is 0.133. The van der Waals surface area contributed by atoms with Gasteiger partial charge >= 0.3 is 0 Å². The van der Waals surface area contributed by atoms with E-state index in [9.17, 15) is 14.4 Å². The minimum atomic E-state index is -0.445. The lowest BCUT2D eigenvalue weighted by molar-refractivity contribution is -0.114. The van der Waals surface area contributed by atoms with Crippen molar-refractivity contribution in [2.45, 2.75) is 11.8 Å². The Balaban J connectivity index is 1.37. The van der Waals surface area contributed by atoms with Crippen molar-refractivity contribution in [1.82, 2.24) is 15.5 Å². The molecule has 2 heterocycles. The van der Waals surface area contributed by atoms with Gasteiger partial charge in [0.05, 0.1) is 5.75 Å². The second kappa shape index (κ2) is 12.2. The van der Waals surface area contributed by atoms with Gasteiger partial charge in [0.2, 0.25) is 11.0 Å². The predicted octanol–water partition coefficient (Wildman–Crippen LogP) is 5.05. The van der Waals surface area contributed by atoms with Crippen LogP contribution in [0.5, 0.6) is 0 Å². The Labute approximate surface area is 219 Å². The van der Waals surface area contributed by atoms with E-state index in [-0.39, 0.29) is 23.3 Å². The summed E-state index contributed by atoms with van der Waals surface area (Å²) in [6.45, 7) is 1.82. The van der Waals surface area contributed by atoms with Crippen LogP contribution in [0.25, 0.3) is 6.08 Å². The molecule has 0 fully saturated rings. The minimum Gasteiger partial charge on any atom is -0.321 e. The molecular weight excluding hydrogens is 515 g/mol. The molecule has 0 saturated heterocycles. The maximum atomic E-state index is 13.0. The molecular formula is C25H21N5O3S3. The number of hydrogen-bond donors (Lipinski definition) is 3. The van der Waals surface area contributed by atoms with Gasteiger partial charge in [0, 0.05) is 21.0 Å². The quantitative estimate of drug-likeness (QED) is 0.204. The van der Waals surface area contributed by atoms with Gasteiger partial charge < -0.3 is 10.6 Å². The first kappa shape index (κ1) is 25.3. The summed E-state index contributed by atoms with van der Waals surface area (Å²) in [6, 6.07) is 19.6. The number of carbonyl (C=O) groups is 3. The average molecular weight is 536 g/mol. The first-order chi connectivity index (χ1) is 17.5. The summed E-state index contributed by atoms with van der Waals surface area (Å²) in [6.07, 6.45) is 1.64. The highest BCUT2D eigenvalue weighted by molar-refractivity contribution is 8.00. The van der Waals surface area contributed by atoms with Gasteiger partial charge in [0.25, 0.3) is 11.8 Å². The Morgan fingerprint density at radius 1 is 0.944 bits per heavy atom. The molecule has 182 valence electrons. The number of nitrogens with zero attached hydrogens (tertiary/aromatic N) is 2. The predicted molar refractivity (Wildman–Crippen MR) is 145 cm³/mol. The highest BCUT2D eigenvalue weighted by Crippen LogP contribution is 2.22. The molecule has 0 saturated carbocycles. The number of rotatable bonds is 9. The van der Waals surface area contributed by atoms with Crippen molar-refractivity contribution in [3.05, 3.63) is 93.3 Å². The molecule has 11 heteroatoms. The number of aryl methyl sites for hydroxylation is 1. The normalized spacial score (nSPS) is 11.1. The Morgan fingerprint density at radius 2 is 1.72 bits per heavy atom. The van der Waals surface area contributed by atoms with Gasteiger partial charge in [-0.3, -0.25) is 19.7 Å². The van der Waals surface area contributed by atoms with Gasteiger partial charge in [-0.05, 0) is 60.8 Å². The number of anilines is 2. The van der Waals surface area contributed by atoms with Crippen LogP contribution in [0.3, 0.4) is 0 Å². The molecule has 4 aromatic rings. The molecule has 3 amide bonds. The van der Waals surface area contributed by atoms with Crippen LogP contribution in [0, 0.1) is 6.92 Å². The van der Waals surface area contributed by atoms with E-state index in [1.807, 2.05) is 42.6 Å². The third kappa shape index (κ3) is 7.35. The number of aromatic nitrogens is 2. The van der Waals surface area contributed by atoms with E-state index in [4.69, 9.17) is 0 Å². The number of amides is 3. The van der Waals surface area contributed by atoms with E-state index in [1.165, 1.54) is 34.4 Å². The van der Waals surface area contributed by atoms with Crippen molar-refractivity contribution in [3.63, 3.8) is 0 Å². The first-order valence-corrected chi connectivity index (χ1v) is 13.4. The van der Waals surface area contributed by atoms with Gasteiger partial charge in [-0.2, -0.15) is 0 Å². The van der Waals surface area contributed by atoms with Crippen LogP contribution in [0.1, 0.15) is 20.2 Å². The summed E-state index contributed by atoms with van der Waals surface area (Å²) in [5.41, 5.74) is 1.14. The van der Waals surface area contributed by atoms with Crippen molar-refractivity contribution >= 4 is 69.1 Å². The lowest BCUT2D eigenvalue weighted by atomic mass is 10.2. The molecule has 0 bridgehead atoms. The Bertz CT molecular complexity index is 1370. The number of thiophene rings is 1. The second-order valence-electron chi connectivity index (χ2n) is 7.34. The summed E-state index contributed by atoms with van der Waals surface area (Å²) in [5, 5.41) is 19.2. The zero-order valence-electron chi connectivity index (χ0n) is 19.1. The largest absolute Gasteiger partial charge is 0.321 e. The fourth-order valence-electron chi connectivity index (χ4n) is 2.94. The van der Waals surface area contributed by atoms with E-state index in [2.05, 4.69) is 26.1 Å². The third-order valence-electron chi connectivity index (χ3n) is 4.61. The molecule has 0 aliphatic heterocycles. The number of carbonyl (C=O) groups excluding carboxylic acids is 3. The van der Waals surface area contributed by atoms with E-state index in [1.54, 1.807) is 42.5 Å². The molecule has 0 atom stereocenters. The van der Waals surface area contributed by atoms with E-state index < -0.39 is 5.91 Å². The second-order valence-corrected chi connectivity index (χ2v) is 10.5. The summed E-state index contributed by atoms with van der Waals surface area (Å²) in [5.74, 6) is -0.781. The molecule has 8 nitrogen and oxygen atoms in total. The van der Waals surface area contributed by atoms with Crippen molar-refractivity contribution in [2.24, 2.45) is 0 Å². The topological polar surface area (TPSA) is 113 Å². The van der Waals surface area contributed by atoms with Gasteiger partial charge in [-0.15, -0.1) is 33.3 Å². The van der Waals surface area contributed by atoms with Crippen molar-refractivity contribution in [1.29, 1.82) is 0 Å². The molecule has 0 aliphatic rings. The van der Waals surface area contributed by atoms with E-state index >= 15 is 0 Å². The van der Waals surface area contributed by atoms with Crippen molar-refractivity contribution in [3.8, 4) is 0 Å². The number of thioether (sulfide) groups is 1. The standard InChI is InChI=1S/C25H21N5O3S3/c1-16-29-30-25(36-16)28-22(31)15-35-19-11-9-18(10-12-19)26-24(33)21(14-20-8-5-13-34-20)27-23(32)17-6-3-2-4-7-17/h2-14H,15H2,1H3,(H,26,33)(H,27,32)(H,28,30,31)/b21-14-. The SMILES string of the molecule is Cc1nnc(NC(=O)CSc2ccc(NC(=O)/C(=C/c3cccs3)NC(=O)c3ccccc3)cc2)s1. The Hall–Kier alpha value is -3.80. The van der Waals surface area contributed by atoms with Gasteiger partial charge in [0.15, 0.2) is 0 Å². The van der Waals surface area contributed by atoms with Crippen LogP contribution in [0.2, 0.25) is 0 Å². The Kier molecular flexibility index (Phi) is 8.61. The molecule has 4 rings (SSSR count). The van der Waals surface area contributed by atoms with Crippen LogP contribution in [0.15, 0.2) is 82.7 Å². The monoisotopic (exact) mass is 535 g/mol. The third-order valence-corrected chi connectivity index (χ3v) is 7.20. The number of hydrogen-bond acceptors (Lipinski definition) is 8. The smallest absolute Gasteiger partial charge is 0.272 e. The lowest BCUT2D eigenvalue weighted by Crippen LogP contribution is -2.30. The van der Waals surface area contributed by atoms with Crippen molar-refractivity contribution < 1.29 is 14.4 Å². The maximum absolute atomic E-state index is 13.0. The van der Waals surface area contributed by atoms with E-state index in [0.717, 1.165) is 14.8 Å². The Morgan fingerprint density at radius 3 is 2.39 bits per heavy atom. The van der Waals surface area contributed by atoms with Crippen LogP contribution in [-0.4, -0.2) is 33.7 Å². The molecule has 3 N–H and O–H groups in total. The molecule has 36 heavy (non-hydrogen) atoms. The van der Waals surface area contributed by atoms with Gasteiger partial charge in [-0.1, -0.05) is 35.6 Å². The highest BCUT2D eigenvalue weighted by atomic mass is 32.2. The van der Waals surface area contributed by atoms with Crippen molar-refractivity contribution in [2.75, 3.05) is 16.4 Å².